The van der Waals surface area contributed by atoms with Crippen molar-refractivity contribution in [1.82, 2.24) is 5.32 Å². The maximum atomic E-state index is 5.43. The van der Waals surface area contributed by atoms with Gasteiger partial charge in [-0.05, 0) is 53.5 Å². The van der Waals surface area contributed by atoms with Gasteiger partial charge in [0.05, 0.1) is 11.7 Å². The Bertz CT molecular complexity index is 171. The first-order valence-electron chi connectivity index (χ1n) is 6.20. The van der Waals surface area contributed by atoms with Crippen molar-refractivity contribution in [3.63, 3.8) is 0 Å². The molecule has 0 aromatic carbocycles. The third kappa shape index (κ3) is 7.20. The van der Waals surface area contributed by atoms with E-state index in [1.54, 1.807) is 14.2 Å². The van der Waals surface area contributed by atoms with Gasteiger partial charge in [0.1, 0.15) is 0 Å². The van der Waals surface area contributed by atoms with E-state index >= 15 is 0 Å². The largest absolute Gasteiger partial charge is 0.382 e. The van der Waals surface area contributed by atoms with Gasteiger partial charge in [-0.1, -0.05) is 0 Å². The van der Waals surface area contributed by atoms with E-state index in [9.17, 15) is 0 Å². The molecule has 98 valence electrons. The minimum absolute atomic E-state index is 0.0119. The van der Waals surface area contributed by atoms with Crippen LogP contribution >= 0.6 is 0 Å². The second kappa shape index (κ2) is 8.04. The number of hydrogen-bond donors (Lipinski definition) is 1. The van der Waals surface area contributed by atoms with Crippen LogP contribution in [0, 0.1) is 0 Å². The lowest BCUT2D eigenvalue weighted by atomic mass is 9.96. The standard InChI is InChI=1S/C13H29NO2/c1-11(15-5)7-8-12(14-4)9-10-13(2,3)16-6/h11-12,14H,7-10H2,1-6H3. The monoisotopic (exact) mass is 231 g/mol. The average Bonchev–Trinajstić information content (AvgIpc) is 2.28. The van der Waals surface area contributed by atoms with Crippen LogP contribution in [-0.4, -0.2) is 39.0 Å². The molecule has 0 aliphatic heterocycles. The Morgan fingerprint density at radius 2 is 1.75 bits per heavy atom. The summed E-state index contributed by atoms with van der Waals surface area (Å²) < 4.78 is 10.7. The van der Waals surface area contributed by atoms with Crippen molar-refractivity contribution in [2.75, 3.05) is 21.3 Å². The summed E-state index contributed by atoms with van der Waals surface area (Å²) in [6.07, 6.45) is 4.84. The molecule has 0 aliphatic rings. The number of rotatable bonds is 9. The Morgan fingerprint density at radius 3 is 2.19 bits per heavy atom. The number of nitrogens with one attached hydrogen (secondary N) is 1. The van der Waals surface area contributed by atoms with Gasteiger partial charge in [0, 0.05) is 20.3 Å². The smallest absolute Gasteiger partial charge is 0.0623 e. The lowest BCUT2D eigenvalue weighted by Crippen LogP contribution is -2.31. The fraction of sp³-hybridized carbons (Fsp3) is 1.00. The quantitative estimate of drug-likeness (QED) is 0.661. The minimum Gasteiger partial charge on any atom is -0.382 e. The van der Waals surface area contributed by atoms with Gasteiger partial charge < -0.3 is 14.8 Å². The lowest BCUT2D eigenvalue weighted by Gasteiger charge is -2.26. The number of ether oxygens (including phenoxy) is 2. The third-order valence-corrected chi connectivity index (χ3v) is 3.38. The van der Waals surface area contributed by atoms with Crippen molar-refractivity contribution in [3.05, 3.63) is 0 Å². The van der Waals surface area contributed by atoms with E-state index in [4.69, 9.17) is 9.47 Å². The highest BCUT2D eigenvalue weighted by Crippen LogP contribution is 2.18. The van der Waals surface area contributed by atoms with Crippen LogP contribution < -0.4 is 5.32 Å². The lowest BCUT2D eigenvalue weighted by molar-refractivity contribution is 0.0112. The van der Waals surface area contributed by atoms with Gasteiger partial charge in [-0.2, -0.15) is 0 Å². The second-order valence-electron chi connectivity index (χ2n) is 5.11. The highest BCUT2D eigenvalue weighted by atomic mass is 16.5. The second-order valence-corrected chi connectivity index (χ2v) is 5.11. The average molecular weight is 231 g/mol. The zero-order valence-electron chi connectivity index (χ0n) is 11.8. The molecule has 16 heavy (non-hydrogen) atoms. The summed E-state index contributed by atoms with van der Waals surface area (Å²) in [7, 11) is 5.58. The minimum atomic E-state index is -0.0119. The SMILES string of the molecule is CNC(CCC(C)OC)CCC(C)(C)OC. The van der Waals surface area contributed by atoms with Crippen LogP contribution in [0.1, 0.15) is 46.5 Å². The van der Waals surface area contributed by atoms with Gasteiger partial charge in [-0.15, -0.1) is 0 Å². The van der Waals surface area contributed by atoms with E-state index in [-0.39, 0.29) is 5.60 Å². The molecule has 0 saturated heterocycles. The first-order chi connectivity index (χ1) is 7.45. The molecule has 3 nitrogen and oxygen atoms in total. The zero-order chi connectivity index (χ0) is 12.6. The molecule has 0 radical (unpaired) electrons. The van der Waals surface area contributed by atoms with E-state index in [1.165, 1.54) is 0 Å². The Hall–Kier alpha value is -0.120. The zero-order valence-corrected chi connectivity index (χ0v) is 11.8. The van der Waals surface area contributed by atoms with Gasteiger partial charge in [0.15, 0.2) is 0 Å². The van der Waals surface area contributed by atoms with Crippen molar-refractivity contribution < 1.29 is 9.47 Å². The van der Waals surface area contributed by atoms with Gasteiger partial charge >= 0.3 is 0 Å². The molecule has 0 aromatic rings. The van der Waals surface area contributed by atoms with Crippen LogP contribution in [0.5, 0.6) is 0 Å². The van der Waals surface area contributed by atoms with Crippen LogP contribution in [0.3, 0.4) is 0 Å². The number of methoxy groups -OCH3 is 2. The summed E-state index contributed by atoms with van der Waals surface area (Å²) in [5.41, 5.74) is -0.0119. The molecule has 0 aromatic heterocycles. The first-order valence-corrected chi connectivity index (χ1v) is 6.20. The van der Waals surface area contributed by atoms with Crippen molar-refractivity contribution in [2.45, 2.75) is 64.2 Å². The molecule has 0 saturated carbocycles. The molecule has 2 unspecified atom stereocenters. The van der Waals surface area contributed by atoms with Crippen molar-refractivity contribution in [2.24, 2.45) is 0 Å². The summed E-state index contributed by atoms with van der Waals surface area (Å²) in [4.78, 5) is 0. The van der Waals surface area contributed by atoms with Crippen LogP contribution in [-0.2, 0) is 9.47 Å². The molecular formula is C13H29NO2. The Balaban J connectivity index is 3.83. The van der Waals surface area contributed by atoms with Gasteiger partial charge in [-0.3, -0.25) is 0 Å². The molecule has 0 heterocycles. The maximum absolute atomic E-state index is 5.43. The highest BCUT2D eigenvalue weighted by Gasteiger charge is 2.18. The van der Waals surface area contributed by atoms with Crippen molar-refractivity contribution in [3.8, 4) is 0 Å². The topological polar surface area (TPSA) is 30.5 Å². The summed E-state index contributed by atoms with van der Waals surface area (Å²) in [5.74, 6) is 0. The van der Waals surface area contributed by atoms with Crippen molar-refractivity contribution in [1.29, 1.82) is 0 Å². The summed E-state index contributed by atoms with van der Waals surface area (Å²) in [6, 6.07) is 0.562. The van der Waals surface area contributed by atoms with Crippen molar-refractivity contribution >= 4 is 0 Å². The van der Waals surface area contributed by atoms with Gasteiger partial charge in [-0.25, -0.2) is 0 Å². The fourth-order valence-electron chi connectivity index (χ4n) is 1.61. The molecular weight excluding hydrogens is 202 g/mol. The first kappa shape index (κ1) is 15.9. The van der Waals surface area contributed by atoms with Crippen LogP contribution in [0.2, 0.25) is 0 Å². The Kier molecular flexibility index (Phi) is 7.98. The van der Waals surface area contributed by atoms with Gasteiger partial charge in [0.2, 0.25) is 0 Å². The predicted molar refractivity (Wildman–Crippen MR) is 68.9 cm³/mol. The molecule has 1 N–H and O–H groups in total. The van der Waals surface area contributed by atoms with E-state index < -0.39 is 0 Å². The predicted octanol–water partition coefficient (Wildman–Crippen LogP) is 2.59. The molecule has 0 fully saturated rings. The summed E-state index contributed by atoms with van der Waals surface area (Å²) in [5, 5.41) is 3.37. The van der Waals surface area contributed by atoms with E-state index in [0.29, 0.717) is 12.1 Å². The van der Waals surface area contributed by atoms with E-state index in [1.807, 2.05) is 7.05 Å². The fourth-order valence-corrected chi connectivity index (χ4v) is 1.61. The maximum Gasteiger partial charge on any atom is 0.0623 e. The molecule has 2 atom stereocenters. The Morgan fingerprint density at radius 1 is 1.12 bits per heavy atom. The highest BCUT2D eigenvalue weighted by molar-refractivity contribution is 4.74. The van der Waals surface area contributed by atoms with Gasteiger partial charge in [0.25, 0.3) is 0 Å². The third-order valence-electron chi connectivity index (χ3n) is 3.38. The molecule has 0 rings (SSSR count). The Labute approximate surface area is 101 Å². The normalized spacial score (nSPS) is 16.1. The molecule has 0 spiro atoms. The summed E-state index contributed by atoms with van der Waals surface area (Å²) in [6.45, 7) is 6.39. The molecule has 0 bridgehead atoms. The molecule has 0 amide bonds. The summed E-state index contributed by atoms with van der Waals surface area (Å²) >= 11 is 0. The van der Waals surface area contributed by atoms with Crippen LogP contribution in [0.25, 0.3) is 0 Å². The van der Waals surface area contributed by atoms with E-state index in [0.717, 1.165) is 25.7 Å². The number of hydrogen-bond acceptors (Lipinski definition) is 3. The van der Waals surface area contributed by atoms with E-state index in [2.05, 4.69) is 26.1 Å². The molecule has 0 aliphatic carbocycles. The van der Waals surface area contributed by atoms with Crippen LogP contribution in [0.4, 0.5) is 0 Å². The van der Waals surface area contributed by atoms with Crippen LogP contribution in [0.15, 0.2) is 0 Å². The molecule has 3 heteroatoms.